The number of aliphatic hydroxyl groups is 1. The van der Waals surface area contributed by atoms with E-state index in [2.05, 4.69) is 4.90 Å². The van der Waals surface area contributed by atoms with Crippen LogP contribution < -0.4 is 9.64 Å². The predicted octanol–water partition coefficient (Wildman–Crippen LogP) is -0.436. The first-order valence-corrected chi connectivity index (χ1v) is 7.03. The van der Waals surface area contributed by atoms with Gasteiger partial charge in [-0.3, -0.25) is 0 Å². The maximum atomic E-state index is 8.95. The molecule has 2 N–H and O–H groups in total. The fourth-order valence-electron chi connectivity index (χ4n) is 2.35. The van der Waals surface area contributed by atoms with Gasteiger partial charge in [0.25, 0.3) is 0 Å². The maximum Gasteiger partial charge on any atom is 0.118 e. The number of ether oxygens (including phenoxy) is 1. The Balaban J connectivity index is 1.93. The van der Waals surface area contributed by atoms with Gasteiger partial charge in [0.05, 0.1) is 39.9 Å². The molecule has 2 rings (SSSR count). The van der Waals surface area contributed by atoms with Crippen LogP contribution in [0.1, 0.15) is 5.56 Å². The van der Waals surface area contributed by atoms with E-state index in [0.717, 1.165) is 49.0 Å². The Morgan fingerprint density at radius 2 is 1.95 bits per heavy atom. The molecular weight excluding hydrogens is 260 g/mol. The number of benzene rings is 1. The first-order valence-electron chi connectivity index (χ1n) is 6.62. The number of quaternary nitrogens is 1. The number of nitrogens with zero attached hydrogens (tertiary/aromatic N) is 1. The Morgan fingerprint density at radius 3 is 2.47 bits per heavy atom. The summed E-state index contributed by atoms with van der Waals surface area (Å²) in [4.78, 5) is 4.61. The SMILES string of the molecule is COc1ccc(C(=S)N2CC[NH+](CCO)CC2)cc1. The molecule has 4 nitrogen and oxygen atoms in total. The number of methoxy groups -OCH3 is 1. The van der Waals surface area contributed by atoms with Crippen molar-refractivity contribution in [3.63, 3.8) is 0 Å². The zero-order chi connectivity index (χ0) is 13.7. The van der Waals surface area contributed by atoms with E-state index >= 15 is 0 Å². The maximum absolute atomic E-state index is 8.95. The van der Waals surface area contributed by atoms with E-state index in [-0.39, 0.29) is 6.61 Å². The predicted molar refractivity (Wildman–Crippen MR) is 78.9 cm³/mol. The molecule has 0 radical (unpaired) electrons. The molecule has 1 aromatic carbocycles. The number of piperazine rings is 1. The third-order valence-corrected chi connectivity index (χ3v) is 4.05. The highest BCUT2D eigenvalue weighted by Crippen LogP contribution is 2.13. The van der Waals surface area contributed by atoms with Crippen LogP contribution in [0.25, 0.3) is 0 Å². The zero-order valence-corrected chi connectivity index (χ0v) is 12.1. The fourth-order valence-corrected chi connectivity index (χ4v) is 2.67. The van der Waals surface area contributed by atoms with Crippen LogP contribution in [-0.4, -0.2) is 61.4 Å². The Morgan fingerprint density at radius 1 is 1.32 bits per heavy atom. The molecule has 0 aliphatic carbocycles. The molecule has 0 bridgehead atoms. The van der Waals surface area contributed by atoms with E-state index in [0.29, 0.717) is 0 Å². The minimum atomic E-state index is 0.262. The summed E-state index contributed by atoms with van der Waals surface area (Å²) in [7, 11) is 1.66. The van der Waals surface area contributed by atoms with E-state index in [1.54, 1.807) is 7.11 Å². The number of nitrogens with one attached hydrogen (secondary N) is 1. The van der Waals surface area contributed by atoms with Gasteiger partial charge in [0.2, 0.25) is 0 Å². The summed E-state index contributed by atoms with van der Waals surface area (Å²) in [6, 6.07) is 7.89. The van der Waals surface area contributed by atoms with Gasteiger partial charge in [0.15, 0.2) is 0 Å². The van der Waals surface area contributed by atoms with E-state index in [1.807, 2.05) is 24.3 Å². The molecule has 0 spiro atoms. The van der Waals surface area contributed by atoms with Crippen molar-refractivity contribution in [3.8, 4) is 5.75 Å². The Labute approximate surface area is 119 Å². The first-order chi connectivity index (χ1) is 9.24. The number of rotatable bonds is 4. The highest BCUT2D eigenvalue weighted by atomic mass is 32.1. The van der Waals surface area contributed by atoms with Crippen molar-refractivity contribution < 1.29 is 14.7 Å². The summed E-state index contributed by atoms with van der Waals surface area (Å²) in [5.41, 5.74) is 1.07. The second kappa shape index (κ2) is 6.84. The van der Waals surface area contributed by atoms with Crippen molar-refractivity contribution >= 4 is 17.2 Å². The van der Waals surface area contributed by atoms with Crippen molar-refractivity contribution in [1.29, 1.82) is 0 Å². The lowest BCUT2D eigenvalue weighted by atomic mass is 10.2. The van der Waals surface area contributed by atoms with E-state index < -0.39 is 0 Å². The van der Waals surface area contributed by atoms with Crippen molar-refractivity contribution in [2.75, 3.05) is 46.4 Å². The summed E-state index contributed by atoms with van der Waals surface area (Å²) in [6.07, 6.45) is 0. The Hall–Kier alpha value is -1.17. The van der Waals surface area contributed by atoms with Gasteiger partial charge >= 0.3 is 0 Å². The normalized spacial score (nSPS) is 16.4. The molecule has 104 valence electrons. The van der Waals surface area contributed by atoms with Crippen LogP contribution in [0.5, 0.6) is 5.75 Å². The molecule has 0 atom stereocenters. The molecule has 1 heterocycles. The number of hydrogen-bond donors (Lipinski definition) is 2. The van der Waals surface area contributed by atoms with E-state index in [9.17, 15) is 0 Å². The molecule has 1 saturated heterocycles. The van der Waals surface area contributed by atoms with Gasteiger partial charge in [0, 0.05) is 5.56 Å². The largest absolute Gasteiger partial charge is 0.497 e. The Bertz CT molecular complexity index is 414. The van der Waals surface area contributed by atoms with Gasteiger partial charge in [-0.05, 0) is 24.3 Å². The van der Waals surface area contributed by atoms with Crippen molar-refractivity contribution in [2.24, 2.45) is 0 Å². The minimum absolute atomic E-state index is 0.262. The van der Waals surface area contributed by atoms with E-state index in [1.165, 1.54) is 4.90 Å². The smallest absolute Gasteiger partial charge is 0.118 e. The van der Waals surface area contributed by atoms with Crippen LogP contribution in [0, 0.1) is 0 Å². The second-order valence-corrected chi connectivity index (χ2v) is 5.13. The average Bonchev–Trinajstić information content (AvgIpc) is 2.48. The summed E-state index contributed by atoms with van der Waals surface area (Å²) in [5, 5.41) is 8.95. The fraction of sp³-hybridized carbons (Fsp3) is 0.500. The second-order valence-electron chi connectivity index (χ2n) is 4.74. The van der Waals surface area contributed by atoms with Crippen LogP contribution in [0.2, 0.25) is 0 Å². The summed E-state index contributed by atoms with van der Waals surface area (Å²) >= 11 is 5.55. The average molecular weight is 281 g/mol. The van der Waals surface area contributed by atoms with Gasteiger partial charge in [-0.2, -0.15) is 0 Å². The van der Waals surface area contributed by atoms with Gasteiger partial charge in [-0.25, -0.2) is 0 Å². The monoisotopic (exact) mass is 281 g/mol. The number of aliphatic hydroxyl groups excluding tert-OH is 1. The highest BCUT2D eigenvalue weighted by Gasteiger charge is 2.21. The highest BCUT2D eigenvalue weighted by molar-refractivity contribution is 7.80. The van der Waals surface area contributed by atoms with Gasteiger partial charge < -0.3 is 19.6 Å². The minimum Gasteiger partial charge on any atom is -0.497 e. The quantitative estimate of drug-likeness (QED) is 0.734. The van der Waals surface area contributed by atoms with Crippen molar-refractivity contribution in [1.82, 2.24) is 4.90 Å². The number of thiocarbonyl (C=S) groups is 1. The van der Waals surface area contributed by atoms with Crippen LogP contribution in [0.4, 0.5) is 0 Å². The Kier molecular flexibility index (Phi) is 5.13. The summed E-state index contributed by atoms with van der Waals surface area (Å²) in [6.45, 7) is 5.09. The molecule has 0 aromatic heterocycles. The molecule has 0 unspecified atom stereocenters. The van der Waals surface area contributed by atoms with Crippen molar-refractivity contribution in [2.45, 2.75) is 0 Å². The topological polar surface area (TPSA) is 37.1 Å². The van der Waals surface area contributed by atoms with Crippen LogP contribution in [0.15, 0.2) is 24.3 Å². The molecule has 1 fully saturated rings. The summed E-state index contributed by atoms with van der Waals surface area (Å²) < 4.78 is 5.15. The number of hydrogen-bond acceptors (Lipinski definition) is 3. The molecule has 0 amide bonds. The molecular formula is C14H21N2O2S+. The molecule has 1 aromatic rings. The summed E-state index contributed by atoms with van der Waals surface area (Å²) in [5.74, 6) is 0.851. The molecule has 19 heavy (non-hydrogen) atoms. The zero-order valence-electron chi connectivity index (χ0n) is 11.3. The molecule has 0 saturated carbocycles. The first kappa shape index (κ1) is 14.2. The standard InChI is InChI=1S/C14H20N2O2S/c1-18-13-4-2-12(3-5-13)14(19)16-8-6-15(7-9-16)10-11-17/h2-5,17H,6-11H2,1H3/p+1. The lowest BCUT2D eigenvalue weighted by molar-refractivity contribution is -0.904. The molecule has 1 aliphatic rings. The van der Waals surface area contributed by atoms with Gasteiger partial charge in [-0.1, -0.05) is 12.2 Å². The van der Waals surface area contributed by atoms with Crippen LogP contribution in [0.3, 0.4) is 0 Å². The molecule has 1 aliphatic heterocycles. The van der Waals surface area contributed by atoms with E-state index in [4.69, 9.17) is 22.1 Å². The third kappa shape index (κ3) is 3.65. The van der Waals surface area contributed by atoms with Gasteiger partial charge in [0.1, 0.15) is 17.3 Å². The van der Waals surface area contributed by atoms with Crippen LogP contribution in [-0.2, 0) is 0 Å². The van der Waals surface area contributed by atoms with Crippen LogP contribution >= 0.6 is 12.2 Å². The van der Waals surface area contributed by atoms with Crippen molar-refractivity contribution in [3.05, 3.63) is 29.8 Å². The lowest BCUT2D eigenvalue weighted by Crippen LogP contribution is -3.15. The van der Waals surface area contributed by atoms with Gasteiger partial charge in [-0.15, -0.1) is 0 Å². The third-order valence-electron chi connectivity index (χ3n) is 3.56. The molecule has 5 heteroatoms. The lowest BCUT2D eigenvalue weighted by Gasteiger charge is -2.33.